The van der Waals surface area contributed by atoms with Crippen molar-refractivity contribution in [3.63, 3.8) is 0 Å². The number of carbonyl (C=O) groups excluding carboxylic acids is 1. The Hall–Kier alpha value is -1.63. The first-order chi connectivity index (χ1) is 13.6. The maximum atomic E-state index is 12.3. The number of aliphatic hydroxyl groups is 1. The quantitative estimate of drug-likeness (QED) is 0.573. The van der Waals surface area contributed by atoms with Crippen LogP contribution in [0.2, 0.25) is 0 Å². The topological polar surface area (TPSA) is 78.6 Å². The van der Waals surface area contributed by atoms with E-state index in [2.05, 4.69) is 10.2 Å². The first kappa shape index (κ1) is 26.4. The van der Waals surface area contributed by atoms with E-state index in [1.807, 2.05) is 60.7 Å². The lowest BCUT2D eigenvalue weighted by Crippen LogP contribution is -2.45. The molecule has 1 aliphatic heterocycles. The van der Waals surface area contributed by atoms with Crippen molar-refractivity contribution >= 4 is 30.7 Å². The predicted octanol–water partition coefficient (Wildman–Crippen LogP) is 2.96. The fraction of sp³-hybridized carbons (Fsp3) is 0.435. The Labute approximate surface area is 191 Å². The molecule has 0 spiro atoms. The molecule has 4 N–H and O–H groups in total. The van der Waals surface area contributed by atoms with Crippen molar-refractivity contribution in [1.82, 2.24) is 10.2 Å². The molecule has 0 radical (unpaired) electrons. The van der Waals surface area contributed by atoms with Gasteiger partial charge < -0.3 is 21.1 Å². The van der Waals surface area contributed by atoms with E-state index in [9.17, 15) is 9.90 Å². The van der Waals surface area contributed by atoms with Crippen LogP contribution in [0.1, 0.15) is 30.1 Å². The number of benzene rings is 2. The number of likely N-dealkylation sites (tertiary alicyclic amines) is 1. The van der Waals surface area contributed by atoms with Gasteiger partial charge in [-0.2, -0.15) is 0 Å². The van der Waals surface area contributed by atoms with Crippen LogP contribution in [0.5, 0.6) is 0 Å². The fourth-order valence-electron chi connectivity index (χ4n) is 3.74. The maximum Gasteiger partial charge on any atom is 0.237 e. The number of carbonyl (C=O) groups is 1. The molecule has 1 heterocycles. The first-order valence-electron chi connectivity index (χ1n) is 10.1. The smallest absolute Gasteiger partial charge is 0.237 e. The summed E-state index contributed by atoms with van der Waals surface area (Å²) in [6, 6.07) is 19.2. The molecule has 0 aromatic heterocycles. The van der Waals surface area contributed by atoms with Crippen LogP contribution in [0.15, 0.2) is 60.7 Å². The van der Waals surface area contributed by atoms with E-state index in [0.717, 1.165) is 37.1 Å². The molecule has 7 heteroatoms. The molecule has 1 saturated heterocycles. The summed E-state index contributed by atoms with van der Waals surface area (Å²) >= 11 is 0. The van der Waals surface area contributed by atoms with Gasteiger partial charge in [-0.1, -0.05) is 60.7 Å². The molecule has 0 saturated carbocycles. The minimum absolute atomic E-state index is 0. The Bertz CT molecular complexity index is 726. The van der Waals surface area contributed by atoms with E-state index in [1.54, 1.807) is 0 Å². The van der Waals surface area contributed by atoms with E-state index in [1.165, 1.54) is 0 Å². The summed E-state index contributed by atoms with van der Waals surface area (Å²) in [5.74, 6) is 0.392. The number of rotatable bonds is 8. The number of nitrogens with one attached hydrogen (secondary N) is 1. The standard InChI is InChI=1S/C23H31N3O2.2ClH/c24-21(15-18-7-3-1-4-8-18)23(28)25-16-19-11-13-26(14-12-19)17-22(27)20-9-5-2-6-10-20;;/h1-10,19,21-22,27H,11-17,24H2,(H,25,28);2*1H. The largest absolute Gasteiger partial charge is 0.387 e. The summed E-state index contributed by atoms with van der Waals surface area (Å²) < 4.78 is 0. The van der Waals surface area contributed by atoms with Crippen LogP contribution in [0.3, 0.4) is 0 Å². The highest BCUT2D eigenvalue weighted by molar-refractivity contribution is 5.85. The van der Waals surface area contributed by atoms with Gasteiger partial charge >= 0.3 is 0 Å². The van der Waals surface area contributed by atoms with Crippen molar-refractivity contribution in [2.24, 2.45) is 11.7 Å². The van der Waals surface area contributed by atoms with Crippen LogP contribution < -0.4 is 11.1 Å². The second-order valence-corrected chi connectivity index (χ2v) is 7.71. The first-order valence-corrected chi connectivity index (χ1v) is 10.1. The van der Waals surface area contributed by atoms with Gasteiger partial charge in [-0.15, -0.1) is 24.8 Å². The Morgan fingerprint density at radius 1 is 1.03 bits per heavy atom. The Balaban J connectivity index is 0.00000225. The van der Waals surface area contributed by atoms with E-state index in [0.29, 0.717) is 25.4 Å². The summed E-state index contributed by atoms with van der Waals surface area (Å²) in [6.07, 6.45) is 2.15. The summed E-state index contributed by atoms with van der Waals surface area (Å²) in [6.45, 7) is 3.22. The van der Waals surface area contributed by atoms with Crippen molar-refractivity contribution < 1.29 is 9.90 Å². The van der Waals surface area contributed by atoms with Crippen LogP contribution in [0.25, 0.3) is 0 Å². The Morgan fingerprint density at radius 2 is 1.60 bits per heavy atom. The number of β-amino-alcohol motifs (C(OH)–C–C–N with tert-alkyl or cyclic N) is 1. The minimum atomic E-state index is -0.511. The van der Waals surface area contributed by atoms with Crippen LogP contribution in [-0.4, -0.2) is 48.1 Å². The molecule has 3 rings (SSSR count). The molecule has 2 aromatic rings. The van der Waals surface area contributed by atoms with E-state index >= 15 is 0 Å². The molecule has 166 valence electrons. The third-order valence-electron chi connectivity index (χ3n) is 5.52. The van der Waals surface area contributed by atoms with Crippen molar-refractivity contribution in [3.8, 4) is 0 Å². The van der Waals surface area contributed by atoms with Crippen molar-refractivity contribution in [1.29, 1.82) is 0 Å². The normalized spacial score (nSPS) is 16.6. The zero-order chi connectivity index (χ0) is 19.8. The molecule has 0 aliphatic carbocycles. The van der Waals surface area contributed by atoms with Crippen molar-refractivity contribution in [2.45, 2.75) is 31.4 Å². The molecular weight excluding hydrogens is 421 g/mol. The van der Waals surface area contributed by atoms with E-state index in [-0.39, 0.29) is 30.7 Å². The molecule has 0 bridgehead atoms. The number of nitrogens with zero attached hydrogens (tertiary/aromatic N) is 1. The third kappa shape index (κ3) is 8.25. The fourth-order valence-corrected chi connectivity index (χ4v) is 3.74. The average Bonchev–Trinajstić information content (AvgIpc) is 2.74. The van der Waals surface area contributed by atoms with Gasteiger partial charge in [-0.3, -0.25) is 4.79 Å². The highest BCUT2D eigenvalue weighted by atomic mass is 35.5. The molecule has 1 aliphatic rings. The molecule has 30 heavy (non-hydrogen) atoms. The maximum absolute atomic E-state index is 12.3. The Kier molecular flexibility index (Phi) is 12.0. The van der Waals surface area contributed by atoms with Crippen LogP contribution in [0.4, 0.5) is 0 Å². The number of aliphatic hydroxyl groups excluding tert-OH is 1. The number of piperidine rings is 1. The zero-order valence-corrected chi connectivity index (χ0v) is 18.8. The lowest BCUT2D eigenvalue weighted by molar-refractivity contribution is -0.122. The lowest BCUT2D eigenvalue weighted by Gasteiger charge is -2.33. The van der Waals surface area contributed by atoms with Gasteiger partial charge in [0.15, 0.2) is 0 Å². The van der Waals surface area contributed by atoms with Gasteiger partial charge in [0, 0.05) is 13.1 Å². The lowest BCUT2D eigenvalue weighted by atomic mass is 9.96. The molecule has 2 atom stereocenters. The highest BCUT2D eigenvalue weighted by Gasteiger charge is 2.23. The predicted molar refractivity (Wildman–Crippen MR) is 126 cm³/mol. The number of hydrogen-bond acceptors (Lipinski definition) is 4. The van der Waals surface area contributed by atoms with Gasteiger partial charge in [0.05, 0.1) is 12.1 Å². The molecule has 1 amide bonds. The van der Waals surface area contributed by atoms with Gasteiger partial charge in [-0.25, -0.2) is 0 Å². The summed E-state index contributed by atoms with van der Waals surface area (Å²) in [4.78, 5) is 14.6. The van der Waals surface area contributed by atoms with Crippen molar-refractivity contribution in [3.05, 3.63) is 71.8 Å². The van der Waals surface area contributed by atoms with Crippen LogP contribution in [-0.2, 0) is 11.2 Å². The molecule has 1 fully saturated rings. The number of amides is 1. The molecule has 5 nitrogen and oxygen atoms in total. The number of halogens is 2. The molecular formula is C23H33Cl2N3O2. The summed E-state index contributed by atoms with van der Waals surface area (Å²) in [7, 11) is 0. The van der Waals surface area contributed by atoms with Gasteiger partial charge in [-0.05, 0) is 49.4 Å². The van der Waals surface area contributed by atoms with E-state index < -0.39 is 12.1 Å². The second kappa shape index (κ2) is 13.6. The van der Waals surface area contributed by atoms with Crippen LogP contribution in [0, 0.1) is 5.92 Å². The van der Waals surface area contributed by atoms with E-state index in [4.69, 9.17) is 5.73 Å². The minimum Gasteiger partial charge on any atom is -0.387 e. The monoisotopic (exact) mass is 453 g/mol. The molecule has 2 aromatic carbocycles. The van der Waals surface area contributed by atoms with Crippen molar-refractivity contribution in [2.75, 3.05) is 26.2 Å². The second-order valence-electron chi connectivity index (χ2n) is 7.71. The number of nitrogens with two attached hydrogens (primary N) is 1. The summed E-state index contributed by atoms with van der Waals surface area (Å²) in [5, 5.41) is 13.4. The molecule has 2 unspecified atom stereocenters. The highest BCUT2D eigenvalue weighted by Crippen LogP contribution is 2.20. The third-order valence-corrected chi connectivity index (χ3v) is 5.52. The van der Waals surface area contributed by atoms with Gasteiger partial charge in [0.25, 0.3) is 0 Å². The van der Waals surface area contributed by atoms with Gasteiger partial charge in [0.2, 0.25) is 5.91 Å². The van der Waals surface area contributed by atoms with Crippen LogP contribution >= 0.6 is 24.8 Å². The number of hydrogen-bond donors (Lipinski definition) is 3. The Morgan fingerprint density at radius 3 is 2.20 bits per heavy atom. The zero-order valence-electron chi connectivity index (χ0n) is 17.2. The van der Waals surface area contributed by atoms with Gasteiger partial charge in [0.1, 0.15) is 0 Å². The SMILES string of the molecule is Cl.Cl.NC(Cc1ccccc1)C(=O)NCC1CCN(CC(O)c2ccccc2)CC1. The summed E-state index contributed by atoms with van der Waals surface area (Å²) in [5.41, 5.74) is 8.09. The average molecular weight is 454 g/mol.